The second-order valence-electron chi connectivity index (χ2n) is 7.00. The van der Waals surface area contributed by atoms with Crippen molar-refractivity contribution in [2.24, 2.45) is 12.0 Å². The Balaban J connectivity index is 1.66. The normalized spacial score (nSPS) is 11.5. The fraction of sp³-hybridized carbons (Fsp3) is 0.318. The van der Waals surface area contributed by atoms with E-state index in [-0.39, 0.29) is 0 Å². The largest absolute Gasteiger partial charge is 0.497 e. The Labute approximate surface area is 180 Å². The zero-order chi connectivity index (χ0) is 22.2. The van der Waals surface area contributed by atoms with Gasteiger partial charge in [-0.2, -0.15) is 0 Å². The Bertz CT molecular complexity index is 1030. The summed E-state index contributed by atoms with van der Waals surface area (Å²) in [7, 11) is 3.51. The Morgan fingerprint density at radius 1 is 1.10 bits per heavy atom. The van der Waals surface area contributed by atoms with Crippen molar-refractivity contribution in [2.45, 2.75) is 26.4 Å². The van der Waals surface area contributed by atoms with Gasteiger partial charge in [0.15, 0.2) is 11.8 Å². The summed E-state index contributed by atoms with van der Waals surface area (Å²) in [5.74, 6) is 1.99. The molecule has 0 aliphatic heterocycles. The molecular formula is C22H26F2N6O. The summed E-state index contributed by atoms with van der Waals surface area (Å²) in [5, 5.41) is 14.6. The van der Waals surface area contributed by atoms with Gasteiger partial charge in [-0.1, -0.05) is 12.1 Å². The van der Waals surface area contributed by atoms with Crippen LogP contribution in [0.5, 0.6) is 5.75 Å². The molecule has 0 bridgehead atoms. The lowest BCUT2D eigenvalue weighted by Gasteiger charge is -2.13. The predicted octanol–water partition coefficient (Wildman–Crippen LogP) is 2.89. The summed E-state index contributed by atoms with van der Waals surface area (Å²) < 4.78 is 34.3. The number of ether oxygens (including phenoxy) is 1. The highest BCUT2D eigenvalue weighted by atomic mass is 19.1. The van der Waals surface area contributed by atoms with E-state index in [0.717, 1.165) is 35.1 Å². The molecule has 9 heteroatoms. The maximum Gasteiger partial charge on any atom is 0.191 e. The molecule has 0 aliphatic carbocycles. The molecule has 2 aromatic carbocycles. The van der Waals surface area contributed by atoms with Crippen molar-refractivity contribution in [1.82, 2.24) is 25.4 Å². The number of guanidine groups is 1. The van der Waals surface area contributed by atoms with Crippen molar-refractivity contribution in [1.29, 1.82) is 0 Å². The fourth-order valence-electron chi connectivity index (χ4n) is 2.89. The quantitative estimate of drug-likeness (QED) is 0.426. The third-order valence-electron chi connectivity index (χ3n) is 4.87. The summed E-state index contributed by atoms with van der Waals surface area (Å²) in [4.78, 5) is 4.60. The highest BCUT2D eigenvalue weighted by Crippen LogP contribution is 2.12. The molecule has 164 valence electrons. The van der Waals surface area contributed by atoms with Gasteiger partial charge >= 0.3 is 0 Å². The molecule has 0 unspecified atom stereocenters. The number of benzene rings is 2. The van der Waals surface area contributed by atoms with E-state index in [0.29, 0.717) is 37.6 Å². The van der Waals surface area contributed by atoms with Gasteiger partial charge in [-0.15, -0.1) is 10.2 Å². The smallest absolute Gasteiger partial charge is 0.191 e. The van der Waals surface area contributed by atoms with Gasteiger partial charge in [0, 0.05) is 13.6 Å². The molecule has 1 heterocycles. The molecular weight excluding hydrogens is 402 g/mol. The first-order chi connectivity index (χ1) is 15.0. The van der Waals surface area contributed by atoms with Gasteiger partial charge in [0.25, 0.3) is 0 Å². The number of hydrogen-bond donors (Lipinski definition) is 2. The lowest BCUT2D eigenvalue weighted by atomic mass is 10.1. The van der Waals surface area contributed by atoms with Crippen molar-refractivity contribution in [3.63, 3.8) is 0 Å². The van der Waals surface area contributed by atoms with Gasteiger partial charge in [0.2, 0.25) is 0 Å². The number of hydrogen-bond acceptors (Lipinski definition) is 4. The maximum absolute atomic E-state index is 13.9. The number of nitrogens with zero attached hydrogens (tertiary/aromatic N) is 4. The van der Waals surface area contributed by atoms with Crippen molar-refractivity contribution in [2.75, 3.05) is 13.7 Å². The molecule has 3 rings (SSSR count). The molecule has 1 aromatic heterocycles. The standard InChI is InChI=1S/C22H26F2N6O/c1-15-28-29-21(30(15)2)14-27-22(26-13-16-4-7-19(31-3)8-5-16)25-11-10-17-12-18(23)6-9-20(17)24/h4-9,12H,10-11,13-14H2,1-3H3,(H2,25,26,27). The number of aromatic nitrogens is 3. The van der Waals surface area contributed by atoms with E-state index >= 15 is 0 Å². The highest BCUT2D eigenvalue weighted by molar-refractivity contribution is 5.79. The lowest BCUT2D eigenvalue weighted by Crippen LogP contribution is -2.38. The van der Waals surface area contributed by atoms with E-state index in [1.807, 2.05) is 42.8 Å². The first-order valence-corrected chi connectivity index (χ1v) is 9.90. The molecule has 0 saturated carbocycles. The van der Waals surface area contributed by atoms with E-state index in [9.17, 15) is 8.78 Å². The fourth-order valence-corrected chi connectivity index (χ4v) is 2.89. The maximum atomic E-state index is 13.9. The minimum absolute atomic E-state index is 0.311. The molecule has 0 atom stereocenters. The molecule has 3 aromatic rings. The van der Waals surface area contributed by atoms with Crippen LogP contribution in [0, 0.1) is 18.6 Å². The third kappa shape index (κ3) is 6.24. The van der Waals surface area contributed by atoms with E-state index in [1.54, 1.807) is 7.11 Å². The van der Waals surface area contributed by atoms with E-state index in [2.05, 4.69) is 25.8 Å². The van der Waals surface area contributed by atoms with Crippen LogP contribution in [-0.2, 0) is 26.6 Å². The Morgan fingerprint density at radius 3 is 2.55 bits per heavy atom. The van der Waals surface area contributed by atoms with Crippen molar-refractivity contribution >= 4 is 5.96 Å². The lowest BCUT2D eigenvalue weighted by molar-refractivity contribution is 0.414. The van der Waals surface area contributed by atoms with Crippen LogP contribution in [0.4, 0.5) is 8.78 Å². The number of aryl methyl sites for hydroxylation is 1. The first kappa shape index (κ1) is 22.2. The van der Waals surface area contributed by atoms with Crippen LogP contribution in [0.15, 0.2) is 47.5 Å². The number of aliphatic imine (C=N–C) groups is 1. The Kier molecular flexibility index (Phi) is 7.53. The SMILES string of the molecule is COc1ccc(CN=C(NCCc2cc(F)ccc2F)NCc2nnc(C)n2C)cc1. The van der Waals surface area contributed by atoms with Gasteiger partial charge < -0.3 is 19.9 Å². The van der Waals surface area contributed by atoms with E-state index < -0.39 is 11.6 Å². The van der Waals surface area contributed by atoms with Gasteiger partial charge in [-0.25, -0.2) is 13.8 Å². The third-order valence-corrected chi connectivity index (χ3v) is 4.87. The molecule has 31 heavy (non-hydrogen) atoms. The monoisotopic (exact) mass is 428 g/mol. The summed E-state index contributed by atoms with van der Waals surface area (Å²) >= 11 is 0. The zero-order valence-corrected chi connectivity index (χ0v) is 17.8. The number of rotatable bonds is 8. The number of nitrogens with one attached hydrogen (secondary N) is 2. The summed E-state index contributed by atoms with van der Waals surface area (Å²) in [6.45, 7) is 3.11. The number of methoxy groups -OCH3 is 1. The highest BCUT2D eigenvalue weighted by Gasteiger charge is 2.08. The average molecular weight is 428 g/mol. The predicted molar refractivity (Wildman–Crippen MR) is 115 cm³/mol. The molecule has 0 radical (unpaired) electrons. The second-order valence-corrected chi connectivity index (χ2v) is 7.00. The molecule has 0 aliphatic rings. The van der Waals surface area contributed by atoms with Gasteiger partial charge in [-0.05, 0) is 54.8 Å². The summed E-state index contributed by atoms with van der Waals surface area (Å²) in [6.07, 6.45) is 0.315. The zero-order valence-electron chi connectivity index (χ0n) is 17.8. The minimum Gasteiger partial charge on any atom is -0.497 e. The second kappa shape index (κ2) is 10.5. The molecule has 0 fully saturated rings. The molecule has 2 N–H and O–H groups in total. The Morgan fingerprint density at radius 2 is 1.87 bits per heavy atom. The first-order valence-electron chi connectivity index (χ1n) is 9.90. The summed E-state index contributed by atoms with van der Waals surface area (Å²) in [6, 6.07) is 11.1. The van der Waals surface area contributed by atoms with Gasteiger partial charge in [-0.3, -0.25) is 0 Å². The van der Waals surface area contributed by atoms with Crippen LogP contribution >= 0.6 is 0 Å². The molecule has 0 spiro atoms. The van der Waals surface area contributed by atoms with Crippen molar-refractivity contribution in [3.05, 3.63) is 76.9 Å². The van der Waals surface area contributed by atoms with E-state index in [1.165, 1.54) is 6.07 Å². The van der Waals surface area contributed by atoms with E-state index in [4.69, 9.17) is 4.74 Å². The van der Waals surface area contributed by atoms with Gasteiger partial charge in [0.05, 0.1) is 20.2 Å². The van der Waals surface area contributed by atoms with Crippen LogP contribution in [0.1, 0.15) is 22.8 Å². The average Bonchev–Trinajstić information content (AvgIpc) is 3.10. The van der Waals surface area contributed by atoms with Crippen LogP contribution in [0.3, 0.4) is 0 Å². The molecule has 7 nitrogen and oxygen atoms in total. The summed E-state index contributed by atoms with van der Waals surface area (Å²) in [5.41, 5.74) is 1.32. The Hall–Kier alpha value is -3.49. The van der Waals surface area contributed by atoms with Crippen molar-refractivity contribution < 1.29 is 13.5 Å². The van der Waals surface area contributed by atoms with Crippen LogP contribution in [0.25, 0.3) is 0 Å². The molecule has 0 amide bonds. The van der Waals surface area contributed by atoms with Crippen LogP contribution < -0.4 is 15.4 Å². The minimum atomic E-state index is -0.458. The molecule has 0 saturated heterocycles. The van der Waals surface area contributed by atoms with Crippen LogP contribution in [-0.4, -0.2) is 34.4 Å². The van der Waals surface area contributed by atoms with Gasteiger partial charge in [0.1, 0.15) is 23.2 Å². The van der Waals surface area contributed by atoms with Crippen molar-refractivity contribution in [3.8, 4) is 5.75 Å². The topological polar surface area (TPSA) is 76.4 Å². The van der Waals surface area contributed by atoms with Crippen LogP contribution in [0.2, 0.25) is 0 Å². The number of halogens is 2.